The maximum Gasteiger partial charge on any atom is 0.501 e. The molecule has 2 N–H and O–H groups in total. The van der Waals surface area contributed by atoms with Crippen molar-refractivity contribution in [2.45, 2.75) is 130 Å². The molecule has 388 valence electrons. The van der Waals surface area contributed by atoms with Crippen LogP contribution in [0.4, 0.5) is 33.3 Å². The van der Waals surface area contributed by atoms with Crippen molar-refractivity contribution in [3.63, 3.8) is 0 Å². The highest BCUT2D eigenvalue weighted by Crippen LogP contribution is 2.41. The van der Waals surface area contributed by atoms with Gasteiger partial charge < -0.3 is 19.9 Å². The molecule has 2 saturated heterocycles. The minimum atomic E-state index is -6.08. The number of halogens is 5. The van der Waals surface area contributed by atoms with Crippen molar-refractivity contribution in [2.75, 3.05) is 68.3 Å². The second-order valence-corrected chi connectivity index (χ2v) is 23.8. The van der Waals surface area contributed by atoms with Gasteiger partial charge >= 0.3 is 5.51 Å². The molecule has 3 aliphatic rings. The summed E-state index contributed by atoms with van der Waals surface area (Å²) in [4.78, 5) is 18.9. The summed E-state index contributed by atoms with van der Waals surface area (Å²) in [5.74, 6) is -0.685. The second kappa shape index (κ2) is 25.6. The summed E-state index contributed by atoms with van der Waals surface area (Å²) >= 11 is 1.45. The van der Waals surface area contributed by atoms with Gasteiger partial charge in [0.1, 0.15) is 4.90 Å². The molecule has 1 amide bonds. The van der Waals surface area contributed by atoms with Crippen LogP contribution in [0.5, 0.6) is 0 Å². The van der Waals surface area contributed by atoms with Crippen molar-refractivity contribution < 1.29 is 48.3 Å². The molecule has 0 saturated carbocycles. The van der Waals surface area contributed by atoms with E-state index < -0.39 is 59.2 Å². The van der Waals surface area contributed by atoms with Crippen LogP contribution in [0.3, 0.4) is 0 Å². The van der Waals surface area contributed by atoms with Crippen LogP contribution in [-0.2, 0) is 24.6 Å². The van der Waals surface area contributed by atoms with Gasteiger partial charge in [-0.1, -0.05) is 43.2 Å². The number of piperidine rings is 1. The number of carbonyl (C=O) groups is 1. The minimum absolute atomic E-state index is 0.0284. The third kappa shape index (κ3) is 16.5. The quantitative estimate of drug-likeness (QED) is 0.0601. The lowest BCUT2D eigenvalue weighted by Crippen LogP contribution is -2.47. The van der Waals surface area contributed by atoms with Gasteiger partial charge in [-0.05, 0) is 125 Å². The molecule has 2 fully saturated rings. The zero-order valence-electron chi connectivity index (χ0n) is 40.8. The number of likely N-dealkylation sites (tertiary alicyclic amines) is 1. The van der Waals surface area contributed by atoms with E-state index >= 15 is 0 Å². The molecule has 70 heavy (non-hydrogen) atoms. The van der Waals surface area contributed by atoms with Gasteiger partial charge in [-0.2, -0.15) is 13.2 Å². The van der Waals surface area contributed by atoms with E-state index in [1.165, 1.54) is 35.0 Å². The molecule has 11 nitrogen and oxygen atoms in total. The zero-order chi connectivity index (χ0) is 51.3. The summed E-state index contributed by atoms with van der Waals surface area (Å²) in [7, 11) is -10.9. The molecule has 2 aliphatic heterocycles. The number of carbonyl (C=O) groups excluding carboxylic acids is 1. The van der Waals surface area contributed by atoms with Crippen molar-refractivity contribution in [1.29, 1.82) is 0 Å². The number of nitrogens with one attached hydrogen (secondary N) is 2. The lowest BCUT2D eigenvalue weighted by molar-refractivity contribution is -0.0436. The van der Waals surface area contributed by atoms with Crippen LogP contribution < -0.4 is 14.9 Å². The zero-order valence-corrected chi connectivity index (χ0v) is 43.2. The number of hydrogen-bond donors (Lipinski definition) is 2. The molecule has 0 aromatic heterocycles. The Morgan fingerprint density at radius 3 is 2.14 bits per heavy atom. The molecule has 0 radical (unpaired) electrons. The van der Waals surface area contributed by atoms with Gasteiger partial charge in [0.25, 0.3) is 25.8 Å². The number of piperazine rings is 1. The van der Waals surface area contributed by atoms with Gasteiger partial charge in [0.2, 0.25) is 6.43 Å². The van der Waals surface area contributed by atoms with Crippen molar-refractivity contribution in [1.82, 2.24) is 14.5 Å². The predicted octanol–water partition coefficient (Wildman–Crippen LogP) is 10.8. The number of amides is 1. The van der Waals surface area contributed by atoms with E-state index in [1.807, 2.05) is 48.9 Å². The van der Waals surface area contributed by atoms with Crippen LogP contribution in [-0.4, -0.2) is 121 Å². The van der Waals surface area contributed by atoms with Crippen molar-refractivity contribution in [2.24, 2.45) is 5.41 Å². The molecule has 3 aromatic rings. The maximum atomic E-state index is 14.3. The van der Waals surface area contributed by atoms with E-state index in [9.17, 15) is 43.6 Å². The molecular formula is C51H70F5N5O6S3. The fourth-order valence-corrected chi connectivity index (χ4v) is 12.2. The molecule has 1 unspecified atom stereocenters. The van der Waals surface area contributed by atoms with E-state index in [-0.39, 0.29) is 29.6 Å². The summed E-state index contributed by atoms with van der Waals surface area (Å²) in [6.45, 7) is 20.2. The number of anilines is 2. The molecule has 1 atom stereocenters. The Hall–Kier alpha value is -4.01. The van der Waals surface area contributed by atoms with E-state index in [1.54, 1.807) is 12.1 Å². The Morgan fingerprint density at radius 2 is 1.53 bits per heavy atom. The van der Waals surface area contributed by atoms with E-state index in [4.69, 9.17) is 4.74 Å². The highest BCUT2D eigenvalue weighted by atomic mass is 32.2. The number of sulfonamides is 1. The molecule has 19 heteroatoms. The first-order valence-corrected chi connectivity index (χ1v) is 27.9. The van der Waals surface area contributed by atoms with Gasteiger partial charge in [0.05, 0.1) is 22.8 Å². The Balaban J connectivity index is 0.00000450. The third-order valence-corrected chi connectivity index (χ3v) is 16.9. The van der Waals surface area contributed by atoms with Gasteiger partial charge in [-0.3, -0.25) is 9.69 Å². The average molecular weight is 1040 g/mol. The Bertz CT molecular complexity index is 2410. The van der Waals surface area contributed by atoms with Gasteiger partial charge in [0, 0.05) is 86.7 Å². The molecule has 1 aliphatic carbocycles. The molecule has 2 heterocycles. The number of alkyl halides is 5. The van der Waals surface area contributed by atoms with Gasteiger partial charge in [-0.15, -0.1) is 24.9 Å². The summed E-state index contributed by atoms with van der Waals surface area (Å²) in [5, 5.41) is 3.02. The van der Waals surface area contributed by atoms with Gasteiger partial charge in [0.15, 0.2) is 0 Å². The molecular weight excluding hydrogens is 970 g/mol. The third-order valence-electron chi connectivity index (χ3n) is 12.9. The summed E-state index contributed by atoms with van der Waals surface area (Å²) in [6.07, 6.45) is 4.06. The van der Waals surface area contributed by atoms with Crippen LogP contribution in [0.2, 0.25) is 0 Å². The first-order chi connectivity index (χ1) is 33.1. The van der Waals surface area contributed by atoms with Crippen LogP contribution in [0.1, 0.15) is 95.8 Å². The van der Waals surface area contributed by atoms with E-state index in [2.05, 4.69) is 47.0 Å². The van der Waals surface area contributed by atoms with Crippen LogP contribution in [0, 0.1) is 5.41 Å². The van der Waals surface area contributed by atoms with Crippen LogP contribution in [0.25, 0.3) is 0 Å². The van der Waals surface area contributed by atoms with Crippen molar-refractivity contribution in [3.05, 3.63) is 103 Å². The largest absolute Gasteiger partial charge is 0.501 e. The molecule has 0 bridgehead atoms. The van der Waals surface area contributed by atoms with Gasteiger partial charge in [-0.25, -0.2) is 30.3 Å². The highest BCUT2D eigenvalue weighted by Gasteiger charge is 2.48. The summed E-state index contributed by atoms with van der Waals surface area (Å²) in [5.41, 5.74) is -2.57. The molecule has 0 spiro atoms. The minimum Gasteiger partial charge on any atom is -0.380 e. The monoisotopic (exact) mass is 1040 g/mol. The number of hydrogen-bond acceptors (Lipinski definition) is 11. The SMILES string of the molecule is C=C.CC(C)OC1CCN(CCC(CSc2ccccc2)Nc2ccc(S(=O)(=O)NC(=O)c3ccc(N4CCN(CC5=C(CCCC(F)F)CC(C)(C)CC5)CC4)cc3)cc2S(=O)(=O)C(F)(F)F)CC1. The van der Waals surface area contributed by atoms with Crippen molar-refractivity contribution in [3.8, 4) is 0 Å². The fourth-order valence-electron chi connectivity index (χ4n) is 9.14. The Kier molecular flexibility index (Phi) is 20.8. The first-order valence-electron chi connectivity index (χ1n) is 24.0. The number of nitrogens with zero attached hydrogens (tertiary/aromatic N) is 3. The smallest absolute Gasteiger partial charge is 0.380 e. The van der Waals surface area contributed by atoms with Crippen LogP contribution >= 0.6 is 11.8 Å². The second-order valence-electron chi connectivity index (χ2n) is 19.2. The number of thioether (sulfide) groups is 1. The normalized spacial score (nSPS) is 18.1. The predicted molar refractivity (Wildman–Crippen MR) is 270 cm³/mol. The Labute approximate surface area is 416 Å². The lowest BCUT2D eigenvalue weighted by Gasteiger charge is -2.39. The van der Waals surface area contributed by atoms with E-state index in [0.717, 1.165) is 87.5 Å². The number of ether oxygens (including phenoxy) is 1. The molecule has 6 rings (SSSR count). The maximum absolute atomic E-state index is 14.3. The lowest BCUT2D eigenvalue weighted by atomic mass is 9.73. The van der Waals surface area contributed by atoms with E-state index in [0.29, 0.717) is 50.7 Å². The standard InChI is InChI=1S/C49H66F5N5O6S3.C2H4/c1-35(2)65-41-21-25-57(26-22-41)24-20-39(34-66-42-10-6-5-7-11-42)55-44-18-17-43(31-45(44)67(61,62)49(52,53)54)68(63,64)56-47(60)36-13-15-40(16-14-36)59-29-27-58(28-30-59)33-38-19-23-48(3,4)32-37(38)9-8-12-46(50)51;1-2/h5-7,10-11,13-18,31,35,39,41,46,55H,8-9,12,19-30,32-34H2,1-4H3,(H,56,60);1-2H2. The van der Waals surface area contributed by atoms with Crippen LogP contribution in [0.15, 0.2) is 112 Å². The number of benzene rings is 3. The first kappa shape index (κ1) is 56.9. The number of rotatable bonds is 21. The highest BCUT2D eigenvalue weighted by molar-refractivity contribution is 7.99. The number of allylic oxidation sites excluding steroid dienone is 1. The fraction of sp³-hybridized carbons (Fsp3) is 0.549. The molecule has 3 aromatic carbocycles. The number of sulfone groups is 1. The topological polar surface area (TPSA) is 128 Å². The van der Waals surface area contributed by atoms with Crippen molar-refractivity contribution >= 4 is 48.9 Å². The summed E-state index contributed by atoms with van der Waals surface area (Å²) < 4.78 is 130. The Morgan fingerprint density at radius 1 is 0.871 bits per heavy atom. The average Bonchev–Trinajstić information content (AvgIpc) is 3.31. The summed E-state index contributed by atoms with van der Waals surface area (Å²) in [6, 6.07) is 17.6.